The Hall–Kier alpha value is -6.10. The fourth-order valence-electron chi connectivity index (χ4n) is 5.69. The predicted molar refractivity (Wildman–Crippen MR) is 185 cm³/mol. The number of hydrogen-bond donors (Lipinski definition) is 1. The van der Waals surface area contributed by atoms with Crippen LogP contribution in [-0.2, 0) is 30.4 Å². The topological polar surface area (TPSA) is 126 Å². The zero-order valence-electron chi connectivity index (χ0n) is 27.4. The number of carbonyl (C=O) groups is 4. The molecule has 0 aromatic heterocycles. The van der Waals surface area contributed by atoms with Crippen LogP contribution in [0.1, 0.15) is 53.4 Å². The molecule has 0 radical (unpaired) electrons. The quantitative estimate of drug-likeness (QED) is 0.0898. The number of rotatable bonds is 12. The lowest BCUT2D eigenvalue weighted by molar-refractivity contribution is -0.173. The standard InChI is InChI=1S/C41H35NO9/c43-38(29-18-8-2-9-19-29)48-34-26-33(42-47-27-28-16-6-1-7-17-28)35(49-39(44)30-20-10-3-11-21-30)37(51-41(46)32-24-14-5-15-25-32)36(34)50-40(45)31-22-12-4-13-23-31/h1-25,33-37,42H,26-27H2/t33-,34+,35-,36+,37+/m0/s1. The van der Waals surface area contributed by atoms with Gasteiger partial charge in [-0.2, -0.15) is 5.48 Å². The monoisotopic (exact) mass is 685 g/mol. The number of hydroxylamine groups is 1. The molecule has 5 aromatic carbocycles. The van der Waals surface area contributed by atoms with Crippen molar-refractivity contribution in [3.05, 3.63) is 179 Å². The molecular formula is C41H35NO9. The molecule has 0 unspecified atom stereocenters. The van der Waals surface area contributed by atoms with Crippen molar-refractivity contribution in [3.63, 3.8) is 0 Å². The molecule has 1 aliphatic rings. The van der Waals surface area contributed by atoms with Crippen LogP contribution in [0.4, 0.5) is 0 Å². The zero-order chi connectivity index (χ0) is 35.4. The summed E-state index contributed by atoms with van der Waals surface area (Å²) in [5, 5.41) is 0. The maximum atomic E-state index is 13.7. The van der Waals surface area contributed by atoms with Crippen LogP contribution in [0.3, 0.4) is 0 Å². The number of esters is 4. The first-order chi connectivity index (χ1) is 25.0. The van der Waals surface area contributed by atoms with Crippen LogP contribution in [0.25, 0.3) is 0 Å². The minimum absolute atomic E-state index is 0.0633. The van der Waals surface area contributed by atoms with E-state index >= 15 is 0 Å². The Kier molecular flexibility index (Phi) is 11.6. The Labute approximate surface area is 294 Å². The van der Waals surface area contributed by atoms with Gasteiger partial charge in [-0.25, -0.2) is 19.2 Å². The molecule has 10 heteroatoms. The minimum atomic E-state index is -1.47. The Morgan fingerprint density at radius 2 is 0.804 bits per heavy atom. The summed E-state index contributed by atoms with van der Waals surface area (Å²) in [5.74, 6) is -2.95. The van der Waals surface area contributed by atoms with Crippen LogP contribution < -0.4 is 5.48 Å². The summed E-state index contributed by atoms with van der Waals surface area (Å²) in [6, 6.07) is 41.5. The SMILES string of the molecule is O=C(O[C@@H]1[C@@H](OC(=O)c2ccccc2)[C@@H](NOCc2ccccc2)C[C@@H](OC(=O)c2ccccc2)[C@H]1OC(=O)c1ccccc1)c1ccccc1. The summed E-state index contributed by atoms with van der Waals surface area (Å²) >= 11 is 0. The third kappa shape index (κ3) is 9.13. The van der Waals surface area contributed by atoms with Crippen LogP contribution in [0.15, 0.2) is 152 Å². The van der Waals surface area contributed by atoms with Gasteiger partial charge in [-0.05, 0) is 54.1 Å². The van der Waals surface area contributed by atoms with E-state index in [4.69, 9.17) is 23.8 Å². The van der Waals surface area contributed by atoms with Crippen molar-refractivity contribution in [2.75, 3.05) is 0 Å². The number of carbonyl (C=O) groups excluding carboxylic acids is 4. The van der Waals surface area contributed by atoms with Crippen molar-refractivity contribution in [2.45, 2.75) is 43.5 Å². The van der Waals surface area contributed by atoms with Gasteiger partial charge in [-0.15, -0.1) is 0 Å². The van der Waals surface area contributed by atoms with Crippen molar-refractivity contribution in [3.8, 4) is 0 Å². The normalized spacial score (nSPS) is 19.6. The molecule has 0 saturated heterocycles. The van der Waals surface area contributed by atoms with E-state index in [2.05, 4.69) is 5.48 Å². The summed E-state index contributed by atoms with van der Waals surface area (Å²) in [4.78, 5) is 60.4. The third-order valence-electron chi connectivity index (χ3n) is 8.24. The molecule has 6 rings (SSSR count). The Balaban J connectivity index is 1.40. The maximum Gasteiger partial charge on any atom is 0.338 e. The molecule has 5 atom stereocenters. The zero-order valence-corrected chi connectivity index (χ0v) is 27.4. The van der Waals surface area contributed by atoms with Crippen LogP contribution in [0, 0.1) is 0 Å². The highest BCUT2D eigenvalue weighted by atomic mass is 16.7. The molecule has 1 saturated carbocycles. The third-order valence-corrected chi connectivity index (χ3v) is 8.24. The van der Waals surface area contributed by atoms with Gasteiger partial charge in [0.05, 0.1) is 34.9 Å². The van der Waals surface area contributed by atoms with Gasteiger partial charge in [-0.3, -0.25) is 4.84 Å². The van der Waals surface area contributed by atoms with Gasteiger partial charge < -0.3 is 18.9 Å². The molecule has 1 N–H and O–H groups in total. The molecule has 0 spiro atoms. The number of nitrogens with one attached hydrogen (secondary N) is 1. The fraction of sp³-hybridized carbons (Fsp3) is 0.171. The number of hydrogen-bond acceptors (Lipinski definition) is 10. The van der Waals surface area contributed by atoms with Crippen molar-refractivity contribution in [2.24, 2.45) is 0 Å². The highest BCUT2D eigenvalue weighted by Gasteiger charge is 2.53. The van der Waals surface area contributed by atoms with Crippen molar-refractivity contribution >= 4 is 23.9 Å². The van der Waals surface area contributed by atoms with E-state index < -0.39 is 54.3 Å². The molecule has 51 heavy (non-hydrogen) atoms. The van der Waals surface area contributed by atoms with Gasteiger partial charge in [0.25, 0.3) is 0 Å². The molecule has 258 valence electrons. The van der Waals surface area contributed by atoms with Gasteiger partial charge in [0.15, 0.2) is 18.3 Å². The van der Waals surface area contributed by atoms with Crippen LogP contribution >= 0.6 is 0 Å². The van der Waals surface area contributed by atoms with Gasteiger partial charge in [0.2, 0.25) is 0 Å². The second kappa shape index (κ2) is 17.0. The van der Waals surface area contributed by atoms with E-state index in [1.165, 1.54) is 0 Å². The van der Waals surface area contributed by atoms with E-state index in [1.54, 1.807) is 121 Å². The molecule has 0 bridgehead atoms. The van der Waals surface area contributed by atoms with Gasteiger partial charge in [0.1, 0.15) is 6.10 Å². The lowest BCUT2D eigenvalue weighted by Gasteiger charge is -2.44. The first kappa shape index (κ1) is 34.8. The van der Waals surface area contributed by atoms with E-state index in [9.17, 15) is 19.2 Å². The predicted octanol–water partition coefficient (Wildman–Crippen LogP) is 6.38. The van der Waals surface area contributed by atoms with Crippen molar-refractivity contribution < 1.29 is 43.0 Å². The van der Waals surface area contributed by atoms with Crippen LogP contribution in [0.5, 0.6) is 0 Å². The van der Waals surface area contributed by atoms with Crippen molar-refractivity contribution in [1.29, 1.82) is 0 Å². The van der Waals surface area contributed by atoms with Crippen LogP contribution in [0.2, 0.25) is 0 Å². The average Bonchev–Trinajstić information content (AvgIpc) is 3.18. The highest BCUT2D eigenvalue weighted by molar-refractivity contribution is 5.92. The second-order valence-corrected chi connectivity index (χ2v) is 11.8. The summed E-state index contributed by atoms with van der Waals surface area (Å²) in [6.07, 6.45) is -5.44. The summed E-state index contributed by atoms with van der Waals surface area (Å²) in [7, 11) is 0. The highest BCUT2D eigenvalue weighted by Crippen LogP contribution is 2.33. The Bertz CT molecular complexity index is 1890. The number of benzene rings is 5. The Morgan fingerprint density at radius 1 is 0.451 bits per heavy atom. The summed E-state index contributed by atoms with van der Waals surface area (Å²) in [5.41, 5.74) is 4.73. The first-order valence-corrected chi connectivity index (χ1v) is 16.4. The molecule has 1 fully saturated rings. The maximum absolute atomic E-state index is 13.7. The number of ether oxygens (including phenoxy) is 4. The molecule has 10 nitrogen and oxygen atoms in total. The van der Waals surface area contributed by atoms with E-state index in [1.807, 2.05) is 30.3 Å². The lowest BCUT2D eigenvalue weighted by atomic mass is 9.84. The summed E-state index contributed by atoms with van der Waals surface area (Å²) < 4.78 is 24.3. The molecule has 0 aliphatic heterocycles. The van der Waals surface area contributed by atoms with Gasteiger partial charge in [-0.1, -0.05) is 103 Å². The minimum Gasteiger partial charge on any atom is -0.455 e. The molecule has 0 heterocycles. The van der Waals surface area contributed by atoms with Gasteiger partial charge >= 0.3 is 23.9 Å². The van der Waals surface area contributed by atoms with Gasteiger partial charge in [0, 0.05) is 6.42 Å². The first-order valence-electron chi connectivity index (χ1n) is 16.4. The van der Waals surface area contributed by atoms with E-state index in [-0.39, 0.29) is 35.3 Å². The van der Waals surface area contributed by atoms with E-state index in [0.29, 0.717) is 0 Å². The second-order valence-electron chi connectivity index (χ2n) is 11.8. The molecule has 0 amide bonds. The van der Waals surface area contributed by atoms with Crippen LogP contribution in [-0.4, -0.2) is 54.3 Å². The summed E-state index contributed by atoms with van der Waals surface area (Å²) in [6.45, 7) is 0.131. The largest absolute Gasteiger partial charge is 0.455 e. The molecule has 1 aliphatic carbocycles. The molecule has 5 aromatic rings. The molecular weight excluding hydrogens is 650 g/mol. The average molecular weight is 686 g/mol. The lowest BCUT2D eigenvalue weighted by Crippen LogP contribution is -2.64. The van der Waals surface area contributed by atoms with Crippen molar-refractivity contribution in [1.82, 2.24) is 5.48 Å². The fourth-order valence-corrected chi connectivity index (χ4v) is 5.69. The Morgan fingerprint density at radius 3 is 1.24 bits per heavy atom. The van der Waals surface area contributed by atoms with E-state index in [0.717, 1.165) is 5.56 Å². The smallest absolute Gasteiger partial charge is 0.338 e.